The van der Waals surface area contributed by atoms with Gasteiger partial charge in [0.05, 0.1) is 16.9 Å². The predicted octanol–water partition coefficient (Wildman–Crippen LogP) is 2.67. The molecule has 2 aromatic heterocycles. The number of likely N-dealkylation sites (N-methyl/N-ethyl adjacent to an activating group) is 1. The second-order valence-electron chi connectivity index (χ2n) is 5.66. The van der Waals surface area contributed by atoms with Gasteiger partial charge in [-0.1, -0.05) is 30.4 Å². The Hall–Kier alpha value is -1.28. The zero-order chi connectivity index (χ0) is 15.1. The Kier molecular flexibility index (Phi) is 3.73. The van der Waals surface area contributed by atoms with Gasteiger partial charge in [-0.2, -0.15) is 0 Å². The number of hydrogen-bond donors (Lipinski definition) is 0. The quantitative estimate of drug-likeness (QED) is 0.689. The van der Waals surface area contributed by atoms with Crippen LogP contribution in [0.1, 0.15) is 6.92 Å². The molecule has 4 rings (SSSR count). The van der Waals surface area contributed by atoms with Gasteiger partial charge >= 0.3 is 0 Å². The lowest BCUT2D eigenvalue weighted by molar-refractivity contribution is 0.106. The minimum atomic E-state index is 0.791. The predicted molar refractivity (Wildman–Crippen MR) is 93.1 cm³/mol. The standard InChI is InChI=1S/C15H19N5S2/c1-2-17-7-9-18(10-8-17)11-19-15(21)20-12-5-3-4-6-13(12)22-14(20)16-19/h3-6H,2,7-11H2,1H3. The van der Waals surface area contributed by atoms with E-state index in [9.17, 15) is 0 Å². The molecule has 0 bridgehead atoms. The molecule has 0 aliphatic carbocycles. The molecule has 3 aromatic rings. The lowest BCUT2D eigenvalue weighted by Gasteiger charge is -2.33. The van der Waals surface area contributed by atoms with Crippen molar-refractivity contribution in [3.05, 3.63) is 29.0 Å². The summed E-state index contributed by atoms with van der Waals surface area (Å²) in [5, 5.41) is 4.72. The third kappa shape index (κ3) is 2.38. The first-order chi connectivity index (χ1) is 10.8. The molecule has 0 unspecified atom stereocenters. The number of fused-ring (bicyclic) bond motifs is 3. The van der Waals surface area contributed by atoms with Gasteiger partial charge in [-0.05, 0) is 30.9 Å². The Balaban J connectivity index is 1.63. The zero-order valence-electron chi connectivity index (χ0n) is 12.6. The third-order valence-corrected chi connectivity index (χ3v) is 5.77. The van der Waals surface area contributed by atoms with Crippen molar-refractivity contribution in [1.82, 2.24) is 24.0 Å². The van der Waals surface area contributed by atoms with E-state index >= 15 is 0 Å². The molecular formula is C15H19N5S2. The van der Waals surface area contributed by atoms with Gasteiger partial charge in [0.15, 0.2) is 0 Å². The van der Waals surface area contributed by atoms with Crippen LogP contribution in [0.25, 0.3) is 15.2 Å². The van der Waals surface area contributed by atoms with E-state index in [1.54, 1.807) is 11.3 Å². The molecule has 3 heterocycles. The molecule has 1 aliphatic heterocycles. The molecule has 1 fully saturated rings. The Morgan fingerprint density at radius 2 is 1.86 bits per heavy atom. The van der Waals surface area contributed by atoms with Crippen LogP contribution < -0.4 is 0 Å². The number of nitrogens with zero attached hydrogens (tertiary/aromatic N) is 5. The fourth-order valence-corrected chi connectivity index (χ4v) is 4.38. The molecular weight excluding hydrogens is 314 g/mol. The van der Waals surface area contributed by atoms with Crippen LogP contribution >= 0.6 is 23.6 Å². The van der Waals surface area contributed by atoms with Crippen molar-refractivity contribution in [3.63, 3.8) is 0 Å². The maximum atomic E-state index is 5.66. The van der Waals surface area contributed by atoms with Gasteiger partial charge in [0, 0.05) is 26.2 Å². The van der Waals surface area contributed by atoms with E-state index in [1.165, 1.54) is 4.70 Å². The molecule has 0 atom stereocenters. The minimum absolute atomic E-state index is 0.791. The molecule has 0 radical (unpaired) electrons. The topological polar surface area (TPSA) is 28.7 Å². The van der Waals surface area contributed by atoms with E-state index in [1.807, 2.05) is 4.68 Å². The molecule has 22 heavy (non-hydrogen) atoms. The van der Waals surface area contributed by atoms with Crippen molar-refractivity contribution in [1.29, 1.82) is 0 Å². The molecule has 1 aliphatic rings. The van der Waals surface area contributed by atoms with Gasteiger partial charge in [0.25, 0.3) is 0 Å². The molecule has 0 N–H and O–H groups in total. The normalized spacial score (nSPS) is 17.7. The summed E-state index contributed by atoms with van der Waals surface area (Å²) in [6.45, 7) is 8.59. The van der Waals surface area contributed by atoms with Crippen molar-refractivity contribution in [2.75, 3.05) is 32.7 Å². The summed E-state index contributed by atoms with van der Waals surface area (Å²) in [7, 11) is 0. The Bertz CT molecular complexity index is 854. The van der Waals surface area contributed by atoms with Gasteiger partial charge in [-0.3, -0.25) is 9.30 Å². The molecule has 1 aromatic carbocycles. The van der Waals surface area contributed by atoms with E-state index < -0.39 is 0 Å². The average molecular weight is 333 g/mol. The summed E-state index contributed by atoms with van der Waals surface area (Å²) in [5.74, 6) is 0. The molecule has 0 amide bonds. The Morgan fingerprint density at radius 3 is 2.64 bits per heavy atom. The highest BCUT2D eigenvalue weighted by atomic mass is 32.1. The number of thiazole rings is 1. The summed E-state index contributed by atoms with van der Waals surface area (Å²) in [6.07, 6.45) is 0. The molecule has 116 valence electrons. The maximum absolute atomic E-state index is 5.66. The number of para-hydroxylation sites is 1. The van der Waals surface area contributed by atoms with Crippen LogP contribution in [0.4, 0.5) is 0 Å². The summed E-state index contributed by atoms with van der Waals surface area (Å²) in [5.41, 5.74) is 1.16. The molecule has 7 heteroatoms. The van der Waals surface area contributed by atoms with Gasteiger partial charge in [0.1, 0.15) is 0 Å². The van der Waals surface area contributed by atoms with Crippen LogP contribution in [-0.2, 0) is 6.67 Å². The van der Waals surface area contributed by atoms with Crippen molar-refractivity contribution < 1.29 is 0 Å². The number of aromatic nitrogens is 3. The molecule has 0 saturated carbocycles. The highest BCUT2D eigenvalue weighted by Gasteiger charge is 2.17. The van der Waals surface area contributed by atoms with Crippen LogP contribution in [0.3, 0.4) is 0 Å². The summed E-state index contributed by atoms with van der Waals surface area (Å²) in [6, 6.07) is 8.35. The highest BCUT2D eigenvalue weighted by molar-refractivity contribution is 7.71. The van der Waals surface area contributed by atoms with E-state index in [2.05, 4.69) is 45.4 Å². The second kappa shape index (κ2) is 5.73. The monoisotopic (exact) mass is 333 g/mol. The SMILES string of the molecule is CCN1CCN(Cn2nc3sc4ccccc4n3c2=S)CC1. The van der Waals surface area contributed by atoms with Crippen molar-refractivity contribution in [3.8, 4) is 0 Å². The second-order valence-corrected chi connectivity index (χ2v) is 7.04. The summed E-state index contributed by atoms with van der Waals surface area (Å²) in [4.78, 5) is 5.90. The largest absolute Gasteiger partial charge is 0.301 e. The van der Waals surface area contributed by atoms with Crippen LogP contribution in [0.5, 0.6) is 0 Å². The Labute approximate surface area is 138 Å². The smallest absolute Gasteiger partial charge is 0.216 e. The van der Waals surface area contributed by atoms with Gasteiger partial charge in [-0.15, -0.1) is 5.10 Å². The van der Waals surface area contributed by atoms with Gasteiger partial charge in [0.2, 0.25) is 9.73 Å². The fraction of sp³-hybridized carbons (Fsp3) is 0.467. The minimum Gasteiger partial charge on any atom is -0.301 e. The third-order valence-electron chi connectivity index (χ3n) is 4.36. The zero-order valence-corrected chi connectivity index (χ0v) is 14.2. The summed E-state index contributed by atoms with van der Waals surface area (Å²) < 4.78 is 6.09. The fourth-order valence-electron chi connectivity index (χ4n) is 3.02. The molecule has 1 saturated heterocycles. The van der Waals surface area contributed by atoms with Crippen LogP contribution in [-0.4, -0.2) is 56.7 Å². The first-order valence-corrected chi connectivity index (χ1v) is 8.90. The summed E-state index contributed by atoms with van der Waals surface area (Å²) >= 11 is 7.36. The van der Waals surface area contributed by atoms with Crippen LogP contribution in [0.2, 0.25) is 0 Å². The van der Waals surface area contributed by atoms with E-state index in [-0.39, 0.29) is 0 Å². The van der Waals surface area contributed by atoms with E-state index in [4.69, 9.17) is 17.3 Å². The van der Waals surface area contributed by atoms with Crippen molar-refractivity contribution in [2.24, 2.45) is 0 Å². The number of benzene rings is 1. The lowest BCUT2D eigenvalue weighted by Crippen LogP contribution is -2.46. The van der Waals surface area contributed by atoms with Crippen molar-refractivity contribution in [2.45, 2.75) is 13.6 Å². The molecule has 0 spiro atoms. The van der Waals surface area contributed by atoms with E-state index in [0.717, 1.165) is 54.6 Å². The molecule has 5 nitrogen and oxygen atoms in total. The number of hydrogen-bond acceptors (Lipinski definition) is 5. The van der Waals surface area contributed by atoms with Crippen molar-refractivity contribution >= 4 is 38.7 Å². The first-order valence-electron chi connectivity index (χ1n) is 7.68. The van der Waals surface area contributed by atoms with Crippen LogP contribution in [0, 0.1) is 4.77 Å². The lowest BCUT2D eigenvalue weighted by atomic mass is 10.3. The number of piperazine rings is 1. The van der Waals surface area contributed by atoms with Gasteiger partial charge < -0.3 is 4.90 Å². The van der Waals surface area contributed by atoms with Crippen LogP contribution in [0.15, 0.2) is 24.3 Å². The maximum Gasteiger partial charge on any atom is 0.216 e. The van der Waals surface area contributed by atoms with Gasteiger partial charge in [-0.25, -0.2) is 4.68 Å². The highest BCUT2D eigenvalue weighted by Crippen LogP contribution is 2.25. The average Bonchev–Trinajstić information content (AvgIpc) is 3.05. The first kappa shape index (κ1) is 14.3. The number of rotatable bonds is 3. The van der Waals surface area contributed by atoms with E-state index in [0.29, 0.717) is 0 Å². The Morgan fingerprint density at radius 1 is 1.14 bits per heavy atom.